The van der Waals surface area contributed by atoms with E-state index in [-0.39, 0.29) is 28.4 Å². The van der Waals surface area contributed by atoms with Crippen LogP contribution in [0, 0.1) is 0 Å². The fourth-order valence-corrected chi connectivity index (χ4v) is 1.53. The van der Waals surface area contributed by atoms with Crippen molar-refractivity contribution in [2.75, 3.05) is 0 Å². The molecule has 0 atom stereocenters. The Morgan fingerprint density at radius 1 is 1.05 bits per heavy atom. The van der Waals surface area contributed by atoms with Gasteiger partial charge in [0.05, 0.1) is 11.8 Å². The van der Waals surface area contributed by atoms with Gasteiger partial charge >= 0.3 is 0 Å². The summed E-state index contributed by atoms with van der Waals surface area (Å²) >= 11 is 0. The second kappa shape index (κ2) is 5.75. The molecule has 102 valence electrons. The van der Waals surface area contributed by atoms with Gasteiger partial charge in [0.25, 0.3) is 5.91 Å². The van der Waals surface area contributed by atoms with Gasteiger partial charge in [0, 0.05) is 5.56 Å². The maximum absolute atomic E-state index is 11.7. The molecule has 2 aromatic carbocycles. The van der Waals surface area contributed by atoms with E-state index in [0.29, 0.717) is 0 Å². The first-order chi connectivity index (χ1) is 9.58. The Kier molecular flexibility index (Phi) is 3.85. The number of phenolic OH excluding ortho intramolecular Hbond substituents is 3. The average molecular weight is 272 g/mol. The lowest BCUT2D eigenvalue weighted by molar-refractivity contribution is 0.0952. The molecule has 6 heteroatoms. The number of carbonyl (C=O) groups excluding carboxylic acids is 1. The zero-order chi connectivity index (χ0) is 14.5. The Morgan fingerprint density at radius 3 is 2.55 bits per heavy atom. The molecule has 2 aromatic rings. The summed E-state index contributed by atoms with van der Waals surface area (Å²) in [5, 5.41) is 31.9. The Bertz CT molecular complexity index is 668. The number of benzene rings is 2. The number of hydrazone groups is 1. The van der Waals surface area contributed by atoms with E-state index in [2.05, 4.69) is 10.5 Å². The monoisotopic (exact) mass is 272 g/mol. The van der Waals surface area contributed by atoms with Gasteiger partial charge in [-0.3, -0.25) is 4.79 Å². The topological polar surface area (TPSA) is 102 Å². The molecule has 4 N–H and O–H groups in total. The summed E-state index contributed by atoms with van der Waals surface area (Å²) < 4.78 is 0. The predicted molar refractivity (Wildman–Crippen MR) is 72.9 cm³/mol. The van der Waals surface area contributed by atoms with Crippen molar-refractivity contribution in [3.8, 4) is 17.2 Å². The van der Waals surface area contributed by atoms with Crippen LogP contribution < -0.4 is 5.43 Å². The summed E-state index contributed by atoms with van der Waals surface area (Å²) in [4.78, 5) is 11.7. The molecule has 0 saturated heterocycles. The van der Waals surface area contributed by atoms with Crippen LogP contribution in [0.1, 0.15) is 15.9 Å². The number of carbonyl (C=O) groups is 1. The number of phenols is 3. The summed E-state index contributed by atoms with van der Waals surface area (Å²) in [6, 6.07) is 9.98. The van der Waals surface area contributed by atoms with Crippen LogP contribution in [-0.2, 0) is 0 Å². The van der Waals surface area contributed by atoms with Gasteiger partial charge < -0.3 is 15.3 Å². The summed E-state index contributed by atoms with van der Waals surface area (Å²) in [6.07, 6.45) is 1.19. The normalized spacial score (nSPS) is 10.6. The van der Waals surface area contributed by atoms with Crippen molar-refractivity contribution < 1.29 is 20.1 Å². The average Bonchev–Trinajstić information content (AvgIpc) is 2.43. The highest BCUT2D eigenvalue weighted by Crippen LogP contribution is 2.20. The van der Waals surface area contributed by atoms with Crippen molar-refractivity contribution in [1.82, 2.24) is 5.43 Å². The molecule has 0 radical (unpaired) electrons. The number of nitrogens with one attached hydrogen (secondary N) is 1. The molecule has 1 amide bonds. The minimum absolute atomic E-state index is 0.0312. The van der Waals surface area contributed by atoms with Gasteiger partial charge in [0.15, 0.2) is 0 Å². The molecule has 0 unspecified atom stereocenters. The third-order valence-electron chi connectivity index (χ3n) is 2.53. The van der Waals surface area contributed by atoms with Gasteiger partial charge in [-0.1, -0.05) is 12.1 Å². The molecule has 0 heterocycles. The van der Waals surface area contributed by atoms with Crippen molar-refractivity contribution in [1.29, 1.82) is 0 Å². The third-order valence-corrected chi connectivity index (χ3v) is 2.53. The molecular weight excluding hydrogens is 260 g/mol. The molecule has 0 fully saturated rings. The lowest BCUT2D eigenvalue weighted by Crippen LogP contribution is -2.17. The van der Waals surface area contributed by atoms with Crippen molar-refractivity contribution in [2.45, 2.75) is 0 Å². The Balaban J connectivity index is 2.09. The van der Waals surface area contributed by atoms with Crippen LogP contribution in [-0.4, -0.2) is 27.4 Å². The fraction of sp³-hybridized carbons (Fsp3) is 0. The van der Waals surface area contributed by atoms with Gasteiger partial charge in [-0.2, -0.15) is 5.10 Å². The van der Waals surface area contributed by atoms with E-state index in [4.69, 9.17) is 0 Å². The van der Waals surface area contributed by atoms with Gasteiger partial charge in [0.2, 0.25) is 0 Å². The second-order valence-electron chi connectivity index (χ2n) is 3.96. The zero-order valence-electron chi connectivity index (χ0n) is 10.3. The number of rotatable bonds is 3. The van der Waals surface area contributed by atoms with Crippen molar-refractivity contribution in [2.24, 2.45) is 5.10 Å². The fourth-order valence-electron chi connectivity index (χ4n) is 1.53. The van der Waals surface area contributed by atoms with Gasteiger partial charge in [-0.15, -0.1) is 0 Å². The number of aromatic hydroxyl groups is 3. The van der Waals surface area contributed by atoms with Crippen LogP contribution >= 0.6 is 0 Å². The van der Waals surface area contributed by atoms with Gasteiger partial charge in [-0.05, 0) is 30.3 Å². The highest BCUT2D eigenvalue weighted by atomic mass is 16.3. The van der Waals surface area contributed by atoms with E-state index in [0.717, 1.165) is 0 Å². The number of hydrogen-bond donors (Lipinski definition) is 4. The summed E-state index contributed by atoms with van der Waals surface area (Å²) in [5.74, 6) is -0.848. The molecule has 2 rings (SSSR count). The highest BCUT2D eigenvalue weighted by molar-refractivity contribution is 5.97. The van der Waals surface area contributed by atoms with Crippen LogP contribution in [0.5, 0.6) is 17.2 Å². The molecule has 6 nitrogen and oxygen atoms in total. The van der Waals surface area contributed by atoms with Gasteiger partial charge in [-0.25, -0.2) is 5.43 Å². The number of para-hydroxylation sites is 1. The minimum Gasteiger partial charge on any atom is -0.508 e. The van der Waals surface area contributed by atoms with E-state index in [9.17, 15) is 20.1 Å². The van der Waals surface area contributed by atoms with E-state index >= 15 is 0 Å². The SMILES string of the molecule is O=C(N/N=C/c1cc(O)ccc1O)c1ccccc1O. The quantitative estimate of drug-likeness (QED) is 0.387. The molecular formula is C14H12N2O4. The highest BCUT2D eigenvalue weighted by Gasteiger charge is 2.08. The molecule has 0 spiro atoms. The molecule has 20 heavy (non-hydrogen) atoms. The van der Waals surface area contributed by atoms with Gasteiger partial charge in [0.1, 0.15) is 17.2 Å². The van der Waals surface area contributed by atoms with E-state index in [1.165, 1.54) is 36.5 Å². The van der Waals surface area contributed by atoms with Crippen molar-refractivity contribution >= 4 is 12.1 Å². The molecule has 0 aliphatic rings. The molecule has 0 aliphatic carbocycles. The summed E-state index contributed by atoms with van der Waals surface area (Å²) in [7, 11) is 0. The maximum Gasteiger partial charge on any atom is 0.275 e. The predicted octanol–water partition coefficient (Wildman–Crippen LogP) is 1.57. The Labute approximate surface area is 114 Å². The van der Waals surface area contributed by atoms with Crippen LogP contribution in [0.25, 0.3) is 0 Å². The van der Waals surface area contributed by atoms with E-state index < -0.39 is 5.91 Å². The van der Waals surface area contributed by atoms with E-state index in [1.54, 1.807) is 12.1 Å². The molecule has 0 bridgehead atoms. The molecule has 0 aliphatic heterocycles. The van der Waals surface area contributed by atoms with Crippen LogP contribution in [0.3, 0.4) is 0 Å². The van der Waals surface area contributed by atoms with Crippen LogP contribution in [0.15, 0.2) is 47.6 Å². The summed E-state index contributed by atoms with van der Waals surface area (Å²) in [5.41, 5.74) is 2.55. The minimum atomic E-state index is -0.584. The zero-order valence-corrected chi connectivity index (χ0v) is 10.3. The smallest absolute Gasteiger partial charge is 0.275 e. The lowest BCUT2D eigenvalue weighted by Gasteiger charge is -2.02. The second-order valence-corrected chi connectivity index (χ2v) is 3.96. The first-order valence-electron chi connectivity index (χ1n) is 5.71. The van der Waals surface area contributed by atoms with Crippen molar-refractivity contribution in [3.05, 3.63) is 53.6 Å². The molecule has 0 saturated carbocycles. The maximum atomic E-state index is 11.7. The largest absolute Gasteiger partial charge is 0.508 e. The molecule has 0 aromatic heterocycles. The first kappa shape index (κ1) is 13.4. The number of hydrogen-bond acceptors (Lipinski definition) is 5. The van der Waals surface area contributed by atoms with E-state index in [1.807, 2.05) is 0 Å². The van der Waals surface area contributed by atoms with Crippen molar-refractivity contribution in [3.63, 3.8) is 0 Å². The van der Waals surface area contributed by atoms with Crippen LogP contribution in [0.2, 0.25) is 0 Å². The Hall–Kier alpha value is -3.02. The van der Waals surface area contributed by atoms with Crippen LogP contribution in [0.4, 0.5) is 0 Å². The third kappa shape index (κ3) is 3.05. The lowest BCUT2D eigenvalue weighted by atomic mass is 10.2. The first-order valence-corrected chi connectivity index (χ1v) is 5.71. The standard InChI is InChI=1S/C14H12N2O4/c17-10-5-6-12(18)9(7-10)8-15-16-14(20)11-3-1-2-4-13(11)19/h1-8,17-19H,(H,16,20)/b15-8+. The number of amides is 1. The number of nitrogens with zero attached hydrogens (tertiary/aromatic N) is 1. The summed E-state index contributed by atoms with van der Waals surface area (Å²) in [6.45, 7) is 0. The Morgan fingerprint density at radius 2 is 1.80 bits per heavy atom.